The lowest BCUT2D eigenvalue weighted by Crippen LogP contribution is -2.31. The molecule has 0 aromatic heterocycles. The van der Waals surface area contributed by atoms with Gasteiger partial charge in [0.15, 0.2) is 0 Å². The molecule has 2 amide bonds. The van der Waals surface area contributed by atoms with E-state index in [-0.39, 0.29) is 24.8 Å². The molecule has 0 aliphatic rings. The summed E-state index contributed by atoms with van der Waals surface area (Å²) in [6.45, 7) is 1.63. The molecule has 0 heterocycles. The number of anilines is 2. The van der Waals surface area contributed by atoms with E-state index in [0.717, 1.165) is 0 Å². The molecule has 128 valence electrons. The Hall–Kier alpha value is -2.55. The van der Waals surface area contributed by atoms with Crippen LogP contribution in [-0.4, -0.2) is 18.4 Å². The molecule has 5 nitrogen and oxygen atoms in total. The Morgan fingerprint density at radius 2 is 1.72 bits per heavy atom. The highest BCUT2D eigenvalue weighted by atomic mass is 35.5. The fourth-order valence-electron chi connectivity index (χ4n) is 2.25. The maximum Gasteiger partial charge on any atom is 0.226 e. The summed E-state index contributed by atoms with van der Waals surface area (Å²) in [5.41, 5.74) is 1.63. The van der Waals surface area contributed by atoms with E-state index in [4.69, 9.17) is 28.5 Å². The van der Waals surface area contributed by atoms with Crippen molar-refractivity contribution < 1.29 is 9.59 Å². The Kier molecular flexibility index (Phi) is 6.40. The number of carbonyl (C=O) groups is 2. The van der Waals surface area contributed by atoms with E-state index < -0.39 is 0 Å². The molecule has 0 saturated heterocycles. The summed E-state index contributed by atoms with van der Waals surface area (Å²) in [5.74, 6) is -0.457. The van der Waals surface area contributed by atoms with E-state index >= 15 is 0 Å². The molecule has 2 aromatic rings. The van der Waals surface area contributed by atoms with Gasteiger partial charge in [0.1, 0.15) is 0 Å². The van der Waals surface area contributed by atoms with E-state index in [9.17, 15) is 9.59 Å². The number of halogens is 2. The molecule has 7 heteroatoms. The van der Waals surface area contributed by atoms with Crippen molar-refractivity contribution in [1.82, 2.24) is 0 Å². The van der Waals surface area contributed by atoms with E-state index in [1.54, 1.807) is 42.5 Å². The van der Waals surface area contributed by atoms with E-state index in [2.05, 4.69) is 5.32 Å². The summed E-state index contributed by atoms with van der Waals surface area (Å²) < 4.78 is 0. The van der Waals surface area contributed by atoms with E-state index in [1.807, 2.05) is 6.07 Å². The SMILES string of the molecule is CC(=O)N(CCC(=O)Nc1cc(Cl)cc(Cl)c1)c1ccc(C#N)cc1. The summed E-state index contributed by atoms with van der Waals surface area (Å²) in [6, 6.07) is 13.4. The molecule has 0 aliphatic heterocycles. The predicted molar refractivity (Wildman–Crippen MR) is 98.9 cm³/mol. The van der Waals surface area contributed by atoms with Gasteiger partial charge in [-0.05, 0) is 42.5 Å². The minimum Gasteiger partial charge on any atom is -0.326 e. The number of rotatable bonds is 5. The number of nitriles is 1. The van der Waals surface area contributed by atoms with Crippen LogP contribution < -0.4 is 10.2 Å². The highest BCUT2D eigenvalue weighted by Gasteiger charge is 2.14. The van der Waals surface area contributed by atoms with Crippen molar-refractivity contribution in [1.29, 1.82) is 5.26 Å². The monoisotopic (exact) mass is 375 g/mol. The summed E-state index contributed by atoms with van der Waals surface area (Å²) >= 11 is 11.8. The first-order valence-electron chi connectivity index (χ1n) is 7.43. The van der Waals surface area contributed by atoms with Gasteiger partial charge in [-0.3, -0.25) is 9.59 Å². The Labute approximate surface area is 155 Å². The molecule has 0 fully saturated rings. The van der Waals surface area contributed by atoms with Crippen LogP contribution in [0.15, 0.2) is 42.5 Å². The van der Waals surface area contributed by atoms with Gasteiger partial charge in [0.25, 0.3) is 0 Å². The second-order valence-corrected chi connectivity index (χ2v) is 6.16. The molecule has 0 saturated carbocycles. The average molecular weight is 376 g/mol. The molecule has 1 N–H and O–H groups in total. The number of carbonyl (C=O) groups excluding carboxylic acids is 2. The molecule has 0 unspecified atom stereocenters. The van der Waals surface area contributed by atoms with Crippen LogP contribution in [0.25, 0.3) is 0 Å². The number of nitrogens with one attached hydrogen (secondary N) is 1. The number of nitrogens with zero attached hydrogens (tertiary/aromatic N) is 2. The maximum absolute atomic E-state index is 12.1. The highest BCUT2D eigenvalue weighted by Crippen LogP contribution is 2.22. The average Bonchev–Trinajstić information content (AvgIpc) is 2.54. The van der Waals surface area contributed by atoms with Gasteiger partial charge in [-0.15, -0.1) is 0 Å². The number of hydrogen-bond donors (Lipinski definition) is 1. The number of hydrogen-bond acceptors (Lipinski definition) is 3. The molecule has 25 heavy (non-hydrogen) atoms. The molecular formula is C18H15Cl2N3O2. The van der Waals surface area contributed by atoms with Gasteiger partial charge < -0.3 is 10.2 Å². The van der Waals surface area contributed by atoms with Crippen LogP contribution in [0.1, 0.15) is 18.9 Å². The summed E-state index contributed by atoms with van der Waals surface area (Å²) in [4.78, 5) is 25.4. The lowest BCUT2D eigenvalue weighted by atomic mass is 10.2. The molecule has 2 rings (SSSR count). The Bertz CT molecular complexity index is 809. The molecule has 0 bridgehead atoms. The maximum atomic E-state index is 12.1. The van der Waals surface area contributed by atoms with Crippen molar-refractivity contribution in [3.63, 3.8) is 0 Å². The summed E-state index contributed by atoms with van der Waals surface area (Å²) in [6.07, 6.45) is 0.101. The van der Waals surface area contributed by atoms with Crippen molar-refractivity contribution in [3.05, 3.63) is 58.1 Å². The van der Waals surface area contributed by atoms with Crippen molar-refractivity contribution in [2.75, 3.05) is 16.8 Å². The Morgan fingerprint density at radius 1 is 1.12 bits per heavy atom. The van der Waals surface area contributed by atoms with Gasteiger partial charge in [-0.25, -0.2) is 0 Å². The fraction of sp³-hybridized carbons (Fsp3) is 0.167. The van der Waals surface area contributed by atoms with Gasteiger partial charge in [0.05, 0.1) is 11.6 Å². The largest absolute Gasteiger partial charge is 0.326 e. The molecule has 0 radical (unpaired) electrons. The molecular weight excluding hydrogens is 361 g/mol. The van der Waals surface area contributed by atoms with E-state index in [1.165, 1.54) is 11.8 Å². The fourth-order valence-corrected chi connectivity index (χ4v) is 2.77. The minimum atomic E-state index is -0.266. The minimum absolute atomic E-state index is 0.101. The standard InChI is InChI=1S/C18H15Cl2N3O2/c1-12(24)23(17-4-2-13(11-21)3-5-17)7-6-18(25)22-16-9-14(19)8-15(20)10-16/h2-5,8-10H,6-7H2,1H3,(H,22,25). The van der Waals surface area contributed by atoms with Gasteiger partial charge in [0.2, 0.25) is 11.8 Å². The first-order chi connectivity index (χ1) is 11.9. The second-order valence-electron chi connectivity index (χ2n) is 5.29. The topological polar surface area (TPSA) is 73.2 Å². The van der Waals surface area contributed by atoms with Crippen LogP contribution in [0.4, 0.5) is 11.4 Å². The zero-order valence-corrected chi connectivity index (χ0v) is 14.9. The Balaban J connectivity index is 2.01. The third-order valence-corrected chi connectivity index (χ3v) is 3.83. The lowest BCUT2D eigenvalue weighted by Gasteiger charge is -2.21. The van der Waals surface area contributed by atoms with Crippen LogP contribution in [0, 0.1) is 11.3 Å². The van der Waals surface area contributed by atoms with Crippen molar-refractivity contribution in [3.8, 4) is 6.07 Å². The predicted octanol–water partition coefficient (Wildman–Crippen LogP) is 4.25. The van der Waals surface area contributed by atoms with Gasteiger partial charge in [-0.1, -0.05) is 23.2 Å². The normalized spacial score (nSPS) is 10.0. The van der Waals surface area contributed by atoms with Crippen molar-refractivity contribution in [2.24, 2.45) is 0 Å². The van der Waals surface area contributed by atoms with Crippen LogP contribution in [0.3, 0.4) is 0 Å². The first-order valence-corrected chi connectivity index (χ1v) is 8.19. The van der Waals surface area contributed by atoms with Crippen LogP contribution >= 0.6 is 23.2 Å². The summed E-state index contributed by atoms with van der Waals surface area (Å²) in [5, 5.41) is 12.4. The van der Waals surface area contributed by atoms with E-state index in [0.29, 0.717) is 27.0 Å². The van der Waals surface area contributed by atoms with Crippen LogP contribution in [-0.2, 0) is 9.59 Å². The zero-order chi connectivity index (χ0) is 18.4. The number of amides is 2. The van der Waals surface area contributed by atoms with Gasteiger partial charge >= 0.3 is 0 Å². The molecule has 2 aromatic carbocycles. The highest BCUT2D eigenvalue weighted by molar-refractivity contribution is 6.35. The number of benzene rings is 2. The molecule has 0 aliphatic carbocycles. The van der Waals surface area contributed by atoms with Gasteiger partial charge in [-0.2, -0.15) is 5.26 Å². The van der Waals surface area contributed by atoms with Gasteiger partial charge in [0, 0.05) is 41.3 Å². The molecule has 0 atom stereocenters. The zero-order valence-electron chi connectivity index (χ0n) is 13.4. The Morgan fingerprint density at radius 3 is 2.24 bits per heavy atom. The van der Waals surface area contributed by atoms with Crippen molar-refractivity contribution >= 4 is 46.4 Å². The van der Waals surface area contributed by atoms with Crippen LogP contribution in [0.5, 0.6) is 0 Å². The third kappa shape index (κ3) is 5.49. The smallest absolute Gasteiger partial charge is 0.226 e. The second kappa shape index (κ2) is 8.52. The third-order valence-electron chi connectivity index (χ3n) is 3.40. The quantitative estimate of drug-likeness (QED) is 0.848. The first kappa shape index (κ1) is 18.8. The summed E-state index contributed by atoms with van der Waals surface area (Å²) in [7, 11) is 0. The van der Waals surface area contributed by atoms with Crippen molar-refractivity contribution in [2.45, 2.75) is 13.3 Å². The molecule has 0 spiro atoms. The van der Waals surface area contributed by atoms with Crippen LogP contribution in [0.2, 0.25) is 10.0 Å². The lowest BCUT2D eigenvalue weighted by molar-refractivity contribution is -0.117.